The van der Waals surface area contributed by atoms with Gasteiger partial charge in [-0.05, 0) is 60.7 Å². The van der Waals surface area contributed by atoms with Gasteiger partial charge in [-0.25, -0.2) is 4.98 Å². The molecule has 0 spiro atoms. The zero-order valence-electron chi connectivity index (χ0n) is 17.1. The fourth-order valence-corrected chi connectivity index (χ4v) is 3.46. The Kier molecular flexibility index (Phi) is 5.01. The highest BCUT2D eigenvalue weighted by atomic mass is 16.3. The van der Waals surface area contributed by atoms with Gasteiger partial charge in [-0.3, -0.25) is 5.41 Å². The molecule has 0 saturated heterocycles. The van der Waals surface area contributed by atoms with Gasteiger partial charge in [0.15, 0.2) is 0 Å². The molecule has 32 heavy (non-hydrogen) atoms. The first kappa shape index (κ1) is 19.4. The van der Waals surface area contributed by atoms with Crippen molar-refractivity contribution < 1.29 is 8.83 Å². The number of aromatic amines is 1. The Morgan fingerprint density at radius 2 is 1.50 bits per heavy atom. The predicted octanol–water partition coefficient (Wildman–Crippen LogP) is 6.14. The molecule has 0 aliphatic heterocycles. The molecule has 0 unspecified atom stereocenters. The van der Waals surface area contributed by atoms with Gasteiger partial charge in [0.1, 0.15) is 34.3 Å². The minimum absolute atomic E-state index is 0.0438. The predicted molar refractivity (Wildman–Crippen MR) is 128 cm³/mol. The summed E-state index contributed by atoms with van der Waals surface area (Å²) in [5.41, 5.74) is 8.84. The number of H-pyrrole nitrogens is 1. The molecule has 0 fully saturated rings. The number of nitrogens with two attached hydrogens (primary N) is 1. The molecular formula is C26H20N4O2. The Bertz CT molecular complexity index is 1500. The average Bonchev–Trinajstić information content (AvgIpc) is 3.53. The summed E-state index contributed by atoms with van der Waals surface area (Å²) in [6.45, 7) is 0. The molecule has 6 nitrogen and oxygen atoms in total. The van der Waals surface area contributed by atoms with E-state index >= 15 is 0 Å². The van der Waals surface area contributed by atoms with Crippen LogP contribution in [0.3, 0.4) is 0 Å². The molecule has 4 N–H and O–H groups in total. The molecule has 0 atom stereocenters. The van der Waals surface area contributed by atoms with Crippen molar-refractivity contribution in [3.63, 3.8) is 0 Å². The molecule has 156 valence electrons. The van der Waals surface area contributed by atoms with E-state index in [0.717, 1.165) is 44.8 Å². The number of hydrogen-bond acceptors (Lipinski definition) is 4. The lowest BCUT2D eigenvalue weighted by Gasteiger charge is -1.95. The number of amidine groups is 1. The van der Waals surface area contributed by atoms with Crippen LogP contribution in [0.15, 0.2) is 94.1 Å². The first-order valence-electron chi connectivity index (χ1n) is 10.1. The zero-order chi connectivity index (χ0) is 21.9. The first-order valence-corrected chi connectivity index (χ1v) is 10.1. The largest absolute Gasteiger partial charge is 0.457 e. The monoisotopic (exact) mass is 420 g/mol. The molecular weight excluding hydrogens is 400 g/mol. The van der Waals surface area contributed by atoms with Gasteiger partial charge in [0.25, 0.3) is 0 Å². The number of nitrogens with one attached hydrogen (secondary N) is 2. The maximum absolute atomic E-state index is 7.53. The Morgan fingerprint density at radius 1 is 0.844 bits per heavy atom. The summed E-state index contributed by atoms with van der Waals surface area (Å²) in [7, 11) is 0. The van der Waals surface area contributed by atoms with Crippen LogP contribution in [-0.2, 0) is 0 Å². The molecule has 0 aliphatic rings. The van der Waals surface area contributed by atoms with Gasteiger partial charge in [0.2, 0.25) is 0 Å². The molecule has 0 aliphatic carbocycles. The highest BCUT2D eigenvalue weighted by Gasteiger charge is 2.06. The number of nitrogen functional groups attached to an aromatic ring is 1. The Hall–Kier alpha value is -4.58. The van der Waals surface area contributed by atoms with Crippen molar-refractivity contribution in [3.05, 3.63) is 102 Å². The number of nitrogens with zero attached hydrogens (tertiary/aromatic N) is 1. The van der Waals surface area contributed by atoms with Crippen LogP contribution >= 0.6 is 0 Å². The summed E-state index contributed by atoms with van der Waals surface area (Å²) in [4.78, 5) is 7.40. The van der Waals surface area contributed by atoms with Crippen molar-refractivity contribution >= 4 is 39.9 Å². The van der Waals surface area contributed by atoms with Gasteiger partial charge < -0.3 is 19.6 Å². The number of allylic oxidation sites excluding steroid dienone is 4. The number of fused-ring (bicyclic) bond motifs is 2. The second-order valence-corrected chi connectivity index (χ2v) is 7.26. The maximum Gasteiger partial charge on any atom is 0.137 e. The van der Waals surface area contributed by atoms with Gasteiger partial charge in [-0.2, -0.15) is 0 Å². The van der Waals surface area contributed by atoms with Crippen molar-refractivity contribution in [2.75, 3.05) is 0 Å². The van der Waals surface area contributed by atoms with E-state index in [-0.39, 0.29) is 5.84 Å². The summed E-state index contributed by atoms with van der Waals surface area (Å²) < 4.78 is 11.6. The SMILES string of the molecule is N=C(N)c1ccc2oc(/C=C/C=C/C=C/c3cc4cc(-c5ncc[nH]5)ccc4o3)cc2c1. The molecule has 5 aromatic rings. The lowest BCUT2D eigenvalue weighted by Crippen LogP contribution is -2.10. The second kappa shape index (κ2) is 8.28. The Labute approximate surface area is 183 Å². The summed E-state index contributed by atoms with van der Waals surface area (Å²) in [6, 6.07) is 15.4. The number of hydrogen-bond donors (Lipinski definition) is 3. The quantitative estimate of drug-likeness (QED) is 0.174. The standard InChI is InChI=1S/C26H20N4O2/c27-25(28)17-7-9-23-19(13-17)15-21(31-23)5-3-1-2-4-6-22-16-20-14-18(8-10-24(20)32-22)26-29-11-12-30-26/h1-16H,(H3,27,28)(H,29,30)/b2-1+,5-3+,6-4+. The van der Waals surface area contributed by atoms with Gasteiger partial charge in [-0.15, -0.1) is 0 Å². The molecule has 6 heteroatoms. The number of benzene rings is 2. The third-order valence-corrected chi connectivity index (χ3v) is 5.01. The van der Waals surface area contributed by atoms with Crippen LogP contribution < -0.4 is 5.73 Å². The Morgan fingerprint density at radius 3 is 2.12 bits per heavy atom. The topological polar surface area (TPSA) is 105 Å². The van der Waals surface area contributed by atoms with Crippen LogP contribution in [0, 0.1) is 5.41 Å². The van der Waals surface area contributed by atoms with Crippen molar-refractivity contribution in [2.24, 2.45) is 5.73 Å². The summed E-state index contributed by atoms with van der Waals surface area (Å²) in [5, 5.41) is 9.48. The molecule has 0 saturated carbocycles. The number of imidazole rings is 1. The zero-order valence-corrected chi connectivity index (χ0v) is 17.1. The van der Waals surface area contributed by atoms with Crippen LogP contribution in [0.25, 0.3) is 45.5 Å². The maximum atomic E-state index is 7.53. The van der Waals surface area contributed by atoms with Crippen LogP contribution in [-0.4, -0.2) is 15.8 Å². The van der Waals surface area contributed by atoms with E-state index in [0.29, 0.717) is 5.56 Å². The molecule has 3 heterocycles. The second-order valence-electron chi connectivity index (χ2n) is 7.26. The van der Waals surface area contributed by atoms with Crippen molar-refractivity contribution in [3.8, 4) is 11.4 Å². The Balaban J connectivity index is 1.25. The minimum atomic E-state index is 0.0438. The van der Waals surface area contributed by atoms with Gasteiger partial charge >= 0.3 is 0 Å². The van der Waals surface area contributed by atoms with Crippen LogP contribution in [0.2, 0.25) is 0 Å². The fraction of sp³-hybridized carbons (Fsp3) is 0. The van der Waals surface area contributed by atoms with E-state index in [2.05, 4.69) is 16.0 Å². The number of aromatic nitrogens is 2. The van der Waals surface area contributed by atoms with E-state index in [1.807, 2.05) is 79.1 Å². The van der Waals surface area contributed by atoms with Gasteiger partial charge in [0.05, 0.1) is 0 Å². The van der Waals surface area contributed by atoms with E-state index in [1.165, 1.54) is 0 Å². The van der Waals surface area contributed by atoms with E-state index in [4.69, 9.17) is 20.0 Å². The minimum Gasteiger partial charge on any atom is -0.457 e. The van der Waals surface area contributed by atoms with Crippen molar-refractivity contribution in [1.82, 2.24) is 9.97 Å². The highest BCUT2D eigenvalue weighted by molar-refractivity contribution is 5.98. The first-order chi connectivity index (χ1) is 15.7. The molecule has 2 aromatic carbocycles. The van der Waals surface area contributed by atoms with E-state index in [9.17, 15) is 0 Å². The summed E-state index contributed by atoms with van der Waals surface area (Å²) >= 11 is 0. The lowest BCUT2D eigenvalue weighted by atomic mass is 10.1. The molecule has 0 bridgehead atoms. The molecule has 0 radical (unpaired) electrons. The summed E-state index contributed by atoms with van der Waals surface area (Å²) in [5.74, 6) is 2.40. The van der Waals surface area contributed by atoms with Crippen LogP contribution in [0.4, 0.5) is 0 Å². The average molecular weight is 420 g/mol. The van der Waals surface area contributed by atoms with E-state index in [1.54, 1.807) is 12.3 Å². The molecule has 5 rings (SSSR count). The smallest absolute Gasteiger partial charge is 0.137 e. The van der Waals surface area contributed by atoms with Crippen LogP contribution in [0.1, 0.15) is 17.1 Å². The van der Waals surface area contributed by atoms with Gasteiger partial charge in [-0.1, -0.05) is 24.3 Å². The highest BCUT2D eigenvalue weighted by Crippen LogP contribution is 2.25. The number of furan rings is 2. The molecule has 0 amide bonds. The fourth-order valence-electron chi connectivity index (χ4n) is 3.46. The normalized spacial score (nSPS) is 12.2. The van der Waals surface area contributed by atoms with Crippen LogP contribution in [0.5, 0.6) is 0 Å². The number of rotatable bonds is 6. The third kappa shape index (κ3) is 4.02. The lowest BCUT2D eigenvalue weighted by molar-refractivity contribution is 0.604. The van der Waals surface area contributed by atoms with Crippen molar-refractivity contribution in [2.45, 2.75) is 0 Å². The van der Waals surface area contributed by atoms with Crippen molar-refractivity contribution in [1.29, 1.82) is 5.41 Å². The summed E-state index contributed by atoms with van der Waals surface area (Å²) in [6.07, 6.45) is 15.0. The molecule has 3 aromatic heterocycles. The van der Waals surface area contributed by atoms with Gasteiger partial charge in [0, 0.05) is 34.3 Å². The van der Waals surface area contributed by atoms with E-state index < -0.39 is 0 Å². The third-order valence-electron chi connectivity index (χ3n) is 5.01.